The number of aromatic amines is 1. The van der Waals surface area contributed by atoms with Crippen LogP contribution in [0.25, 0.3) is 10.9 Å². The van der Waals surface area contributed by atoms with Gasteiger partial charge in [-0.3, -0.25) is 9.78 Å². The van der Waals surface area contributed by atoms with Crippen LogP contribution in [0.2, 0.25) is 5.02 Å². The molecule has 106 valence electrons. The lowest BCUT2D eigenvalue weighted by Gasteiger charge is -2.06. The maximum absolute atomic E-state index is 11.9. The topological polar surface area (TPSA) is 57.8 Å². The number of rotatable bonds is 4. The normalized spacial score (nSPS) is 10.7. The summed E-state index contributed by atoms with van der Waals surface area (Å²) in [6, 6.07) is 11.6. The Hall–Kier alpha value is -2.33. The van der Waals surface area contributed by atoms with E-state index in [9.17, 15) is 4.79 Å². The van der Waals surface area contributed by atoms with Crippen molar-refractivity contribution in [1.82, 2.24) is 15.3 Å². The van der Waals surface area contributed by atoms with Crippen molar-refractivity contribution in [1.29, 1.82) is 0 Å². The summed E-state index contributed by atoms with van der Waals surface area (Å²) < 4.78 is 0. The fraction of sp³-hybridized carbons (Fsp3) is 0.125. The van der Waals surface area contributed by atoms with Crippen molar-refractivity contribution < 1.29 is 4.79 Å². The Kier molecular flexibility index (Phi) is 3.88. The van der Waals surface area contributed by atoms with Crippen LogP contribution in [0.15, 0.2) is 48.8 Å². The fourth-order valence-corrected chi connectivity index (χ4v) is 2.44. The molecule has 0 atom stereocenters. The summed E-state index contributed by atoms with van der Waals surface area (Å²) in [5.74, 6) is -0.157. The number of nitrogens with zero attached hydrogens (tertiary/aromatic N) is 1. The summed E-state index contributed by atoms with van der Waals surface area (Å²) in [5.41, 5.74) is 2.58. The minimum atomic E-state index is -0.157. The molecular weight excluding hydrogens is 286 g/mol. The molecule has 0 aliphatic heterocycles. The van der Waals surface area contributed by atoms with E-state index >= 15 is 0 Å². The number of aromatic nitrogens is 2. The number of hydrogen-bond acceptors (Lipinski definition) is 2. The zero-order valence-electron chi connectivity index (χ0n) is 11.3. The molecule has 4 nitrogen and oxygen atoms in total. The van der Waals surface area contributed by atoms with Gasteiger partial charge in [-0.05, 0) is 24.1 Å². The molecule has 5 heteroatoms. The highest BCUT2D eigenvalue weighted by atomic mass is 35.5. The molecule has 2 aromatic heterocycles. The van der Waals surface area contributed by atoms with E-state index in [4.69, 9.17) is 11.6 Å². The van der Waals surface area contributed by atoms with Gasteiger partial charge < -0.3 is 10.3 Å². The second-order valence-corrected chi connectivity index (χ2v) is 5.17. The third-order valence-corrected chi connectivity index (χ3v) is 3.51. The van der Waals surface area contributed by atoms with Crippen molar-refractivity contribution in [2.75, 3.05) is 6.54 Å². The highest BCUT2D eigenvalue weighted by molar-refractivity contribution is 6.30. The number of halogens is 1. The van der Waals surface area contributed by atoms with Crippen LogP contribution < -0.4 is 5.32 Å². The van der Waals surface area contributed by atoms with Gasteiger partial charge in [-0.15, -0.1) is 0 Å². The molecule has 0 saturated carbocycles. The maximum Gasteiger partial charge on any atom is 0.267 e. The van der Waals surface area contributed by atoms with E-state index in [1.807, 2.05) is 30.3 Å². The van der Waals surface area contributed by atoms with Gasteiger partial charge in [0.05, 0.1) is 10.5 Å². The molecule has 1 amide bonds. The Morgan fingerprint density at radius 2 is 2.14 bits per heavy atom. The summed E-state index contributed by atoms with van der Waals surface area (Å²) in [6.07, 6.45) is 4.10. The van der Waals surface area contributed by atoms with E-state index in [0.29, 0.717) is 17.3 Å². The number of pyridine rings is 1. The number of carbonyl (C=O) groups excluding carboxylic acids is 1. The van der Waals surface area contributed by atoms with E-state index in [2.05, 4.69) is 15.3 Å². The molecule has 21 heavy (non-hydrogen) atoms. The van der Waals surface area contributed by atoms with Crippen molar-refractivity contribution in [3.05, 3.63) is 65.1 Å². The summed E-state index contributed by atoms with van der Waals surface area (Å²) in [6.45, 7) is 0.547. The Bertz CT molecular complexity index is 777. The first-order valence-electron chi connectivity index (χ1n) is 6.69. The summed E-state index contributed by atoms with van der Waals surface area (Å²) >= 11 is 5.78. The quantitative estimate of drug-likeness (QED) is 0.777. The summed E-state index contributed by atoms with van der Waals surface area (Å²) in [5, 5.41) is 4.50. The van der Waals surface area contributed by atoms with Crippen LogP contribution in [0.4, 0.5) is 0 Å². The molecule has 2 heterocycles. The predicted octanol–water partition coefficient (Wildman–Crippen LogP) is 3.19. The first-order chi connectivity index (χ1) is 10.2. The van der Waals surface area contributed by atoms with Crippen molar-refractivity contribution >= 4 is 28.4 Å². The van der Waals surface area contributed by atoms with Crippen LogP contribution in [-0.4, -0.2) is 22.4 Å². The van der Waals surface area contributed by atoms with Gasteiger partial charge in [0.1, 0.15) is 5.69 Å². The number of nitrogens with one attached hydrogen (secondary N) is 2. The van der Waals surface area contributed by atoms with Gasteiger partial charge in [-0.25, -0.2) is 0 Å². The molecular formula is C16H14ClN3O. The molecule has 3 rings (SSSR count). The maximum atomic E-state index is 11.9. The number of hydrogen-bond donors (Lipinski definition) is 2. The van der Waals surface area contributed by atoms with Gasteiger partial charge in [0.15, 0.2) is 0 Å². The number of carbonyl (C=O) groups is 1. The van der Waals surface area contributed by atoms with Gasteiger partial charge in [0, 0.05) is 24.3 Å². The third-order valence-electron chi connectivity index (χ3n) is 3.29. The first kappa shape index (κ1) is 13.6. The van der Waals surface area contributed by atoms with E-state index in [1.54, 1.807) is 18.5 Å². The highest BCUT2D eigenvalue weighted by Gasteiger charge is 2.08. The minimum Gasteiger partial charge on any atom is -0.356 e. The summed E-state index contributed by atoms with van der Waals surface area (Å²) in [4.78, 5) is 19.1. The SMILES string of the molecule is O=C(NCCc1cccc2cccnc12)c1cc(Cl)c[nH]1. The lowest BCUT2D eigenvalue weighted by molar-refractivity contribution is 0.0950. The Balaban J connectivity index is 1.66. The number of amides is 1. The van der Waals surface area contributed by atoms with Crippen LogP contribution in [0, 0.1) is 0 Å². The fourth-order valence-electron chi connectivity index (χ4n) is 2.27. The second kappa shape index (κ2) is 5.97. The molecule has 0 aliphatic rings. The van der Waals surface area contributed by atoms with Gasteiger partial charge >= 0.3 is 0 Å². The lowest BCUT2D eigenvalue weighted by Crippen LogP contribution is -2.26. The van der Waals surface area contributed by atoms with Crippen LogP contribution in [0.1, 0.15) is 16.1 Å². The van der Waals surface area contributed by atoms with Gasteiger partial charge in [0.25, 0.3) is 5.91 Å². The third kappa shape index (κ3) is 3.06. The van der Waals surface area contributed by atoms with Crippen LogP contribution in [0.3, 0.4) is 0 Å². The van der Waals surface area contributed by atoms with E-state index in [1.165, 1.54) is 0 Å². The zero-order valence-corrected chi connectivity index (χ0v) is 12.0. The average molecular weight is 300 g/mol. The van der Waals surface area contributed by atoms with Crippen LogP contribution in [-0.2, 0) is 6.42 Å². The average Bonchev–Trinajstić information content (AvgIpc) is 2.94. The monoisotopic (exact) mass is 299 g/mol. The molecule has 3 aromatic rings. The standard InChI is InChI=1S/C16H14ClN3O/c17-13-9-14(20-10-13)16(21)19-8-6-12-4-1-3-11-5-2-7-18-15(11)12/h1-5,7,9-10,20H,6,8H2,(H,19,21). The molecule has 0 spiro atoms. The number of para-hydroxylation sites is 1. The van der Waals surface area contributed by atoms with Gasteiger partial charge in [-0.2, -0.15) is 0 Å². The first-order valence-corrected chi connectivity index (χ1v) is 7.06. The highest BCUT2D eigenvalue weighted by Crippen LogP contribution is 2.16. The number of fused-ring (bicyclic) bond motifs is 1. The van der Waals surface area contributed by atoms with Gasteiger partial charge in [-0.1, -0.05) is 35.9 Å². The molecule has 0 aliphatic carbocycles. The molecule has 0 radical (unpaired) electrons. The van der Waals surface area contributed by atoms with Crippen molar-refractivity contribution in [3.8, 4) is 0 Å². The molecule has 0 bridgehead atoms. The molecule has 1 aromatic carbocycles. The molecule has 0 saturated heterocycles. The smallest absolute Gasteiger partial charge is 0.267 e. The Morgan fingerprint density at radius 1 is 1.29 bits per heavy atom. The van der Waals surface area contributed by atoms with Crippen molar-refractivity contribution in [3.63, 3.8) is 0 Å². The minimum absolute atomic E-state index is 0.157. The van der Waals surface area contributed by atoms with Crippen LogP contribution >= 0.6 is 11.6 Å². The Labute approximate surface area is 127 Å². The zero-order chi connectivity index (χ0) is 14.7. The summed E-state index contributed by atoms with van der Waals surface area (Å²) in [7, 11) is 0. The van der Waals surface area contributed by atoms with Crippen molar-refractivity contribution in [2.45, 2.75) is 6.42 Å². The number of H-pyrrole nitrogens is 1. The second-order valence-electron chi connectivity index (χ2n) is 4.73. The predicted molar refractivity (Wildman–Crippen MR) is 83.6 cm³/mol. The molecule has 0 fully saturated rings. The molecule has 0 unspecified atom stereocenters. The van der Waals surface area contributed by atoms with E-state index < -0.39 is 0 Å². The largest absolute Gasteiger partial charge is 0.356 e. The number of benzene rings is 1. The van der Waals surface area contributed by atoms with E-state index in [-0.39, 0.29) is 5.91 Å². The Morgan fingerprint density at radius 3 is 2.95 bits per heavy atom. The van der Waals surface area contributed by atoms with Crippen molar-refractivity contribution in [2.24, 2.45) is 0 Å². The van der Waals surface area contributed by atoms with Gasteiger partial charge in [0.2, 0.25) is 0 Å². The molecule has 2 N–H and O–H groups in total. The van der Waals surface area contributed by atoms with E-state index in [0.717, 1.165) is 22.9 Å². The lowest BCUT2D eigenvalue weighted by atomic mass is 10.1. The van der Waals surface area contributed by atoms with Crippen LogP contribution in [0.5, 0.6) is 0 Å².